The van der Waals surface area contributed by atoms with Crippen molar-refractivity contribution in [1.29, 1.82) is 0 Å². The molecule has 1 aliphatic rings. The monoisotopic (exact) mass is 397 g/mol. The first-order valence-electron chi connectivity index (χ1n) is 9.45. The maximum absolute atomic E-state index is 13.1. The van der Waals surface area contributed by atoms with E-state index >= 15 is 0 Å². The Morgan fingerprint density at radius 1 is 1.38 bits per heavy atom. The molecule has 9 nitrogen and oxygen atoms in total. The van der Waals surface area contributed by atoms with E-state index in [0.29, 0.717) is 24.2 Å². The number of aromatic nitrogens is 3. The molecule has 0 unspecified atom stereocenters. The topological polar surface area (TPSA) is 115 Å². The van der Waals surface area contributed by atoms with Gasteiger partial charge in [-0.05, 0) is 24.6 Å². The van der Waals surface area contributed by atoms with E-state index < -0.39 is 5.91 Å². The zero-order valence-electron chi connectivity index (χ0n) is 16.4. The molecule has 3 aromatic rings. The van der Waals surface area contributed by atoms with E-state index in [0.717, 1.165) is 27.2 Å². The predicted octanol–water partition coefficient (Wildman–Crippen LogP) is 1.39. The molecule has 0 bridgehead atoms. The summed E-state index contributed by atoms with van der Waals surface area (Å²) in [5.41, 5.74) is 4.32. The summed E-state index contributed by atoms with van der Waals surface area (Å²) in [6.07, 6.45) is 0.585. The van der Waals surface area contributed by atoms with Gasteiger partial charge in [-0.2, -0.15) is 5.10 Å². The molecule has 3 heterocycles. The molecule has 0 radical (unpaired) electrons. The van der Waals surface area contributed by atoms with Gasteiger partial charge in [-0.3, -0.25) is 19.5 Å². The lowest BCUT2D eigenvalue weighted by molar-refractivity contribution is -0.114. The normalized spacial score (nSPS) is 13.6. The number of carbonyl (C=O) groups is 2. The average Bonchev–Trinajstić information content (AvgIpc) is 3.35. The van der Waals surface area contributed by atoms with Crippen LogP contribution in [-0.4, -0.2) is 68.9 Å². The van der Waals surface area contributed by atoms with Crippen LogP contribution in [0.3, 0.4) is 0 Å². The smallest absolute Gasteiger partial charge is 0.297 e. The Bertz CT molecular complexity index is 1070. The molecule has 4 rings (SSSR count). The lowest BCUT2D eigenvalue weighted by Crippen LogP contribution is -2.37. The van der Waals surface area contributed by atoms with Gasteiger partial charge in [0.2, 0.25) is 0 Å². The molecule has 29 heavy (non-hydrogen) atoms. The van der Waals surface area contributed by atoms with Gasteiger partial charge in [0.1, 0.15) is 5.69 Å². The molecule has 2 amide bonds. The number of amides is 2. The number of nitrogens with zero attached hydrogens (tertiary/aromatic N) is 3. The van der Waals surface area contributed by atoms with Crippen molar-refractivity contribution in [2.75, 3.05) is 26.8 Å². The van der Waals surface area contributed by atoms with Crippen molar-refractivity contribution < 1.29 is 19.5 Å². The molecule has 0 spiro atoms. The average molecular weight is 397 g/mol. The number of benzene rings is 1. The van der Waals surface area contributed by atoms with Gasteiger partial charge in [-0.1, -0.05) is 12.1 Å². The number of carbonyl (C=O) groups excluding carboxylic acids is 2. The minimum Gasteiger partial charge on any atom is -0.394 e. The summed E-state index contributed by atoms with van der Waals surface area (Å²) in [6.45, 7) is 2.65. The van der Waals surface area contributed by atoms with E-state index in [9.17, 15) is 9.59 Å². The second-order valence-electron chi connectivity index (χ2n) is 7.08. The molecule has 152 valence electrons. The Morgan fingerprint density at radius 3 is 2.97 bits per heavy atom. The van der Waals surface area contributed by atoms with Crippen molar-refractivity contribution in [3.63, 3.8) is 0 Å². The number of aliphatic hydroxyl groups excluding tert-OH is 1. The van der Waals surface area contributed by atoms with Crippen LogP contribution < -0.4 is 0 Å². The molecule has 0 atom stereocenters. The van der Waals surface area contributed by atoms with E-state index in [1.165, 1.54) is 7.05 Å². The standard InChI is InChI=1S/C20H23N5O4/c1-12-4-3-5-15-13(12)10-17(21-15)19(27)25-7-6-16-14(11-25)18(23-22-16)20(28)24(2)29-9-8-26/h3-5,10,21,26H,6-9,11H2,1-2H3,(H,22,23). The highest BCUT2D eigenvalue weighted by Gasteiger charge is 2.30. The molecule has 3 N–H and O–H groups in total. The summed E-state index contributed by atoms with van der Waals surface area (Å²) in [5.74, 6) is -0.540. The van der Waals surface area contributed by atoms with Crippen molar-refractivity contribution in [2.45, 2.75) is 19.9 Å². The second kappa shape index (κ2) is 7.69. The molecular formula is C20H23N5O4. The van der Waals surface area contributed by atoms with Crippen LogP contribution in [0.4, 0.5) is 0 Å². The van der Waals surface area contributed by atoms with Gasteiger partial charge in [0.15, 0.2) is 5.69 Å². The van der Waals surface area contributed by atoms with Crippen LogP contribution in [0.15, 0.2) is 24.3 Å². The summed E-state index contributed by atoms with van der Waals surface area (Å²) in [6, 6.07) is 7.79. The third kappa shape index (κ3) is 3.50. The number of aliphatic hydroxyl groups is 1. The number of hydrogen-bond acceptors (Lipinski definition) is 5. The van der Waals surface area contributed by atoms with Gasteiger partial charge in [0.25, 0.3) is 11.8 Å². The van der Waals surface area contributed by atoms with Crippen LogP contribution in [0, 0.1) is 6.92 Å². The Labute approximate surface area is 167 Å². The highest BCUT2D eigenvalue weighted by atomic mass is 16.7. The van der Waals surface area contributed by atoms with E-state index in [1.54, 1.807) is 4.90 Å². The predicted molar refractivity (Wildman–Crippen MR) is 105 cm³/mol. The summed E-state index contributed by atoms with van der Waals surface area (Å²) in [7, 11) is 1.47. The molecule has 0 saturated carbocycles. The van der Waals surface area contributed by atoms with Crippen LogP contribution in [0.2, 0.25) is 0 Å². The largest absolute Gasteiger partial charge is 0.394 e. The molecule has 9 heteroatoms. The number of nitrogens with one attached hydrogen (secondary N) is 2. The van der Waals surface area contributed by atoms with Crippen molar-refractivity contribution in [3.05, 3.63) is 52.5 Å². The molecule has 0 fully saturated rings. The maximum atomic E-state index is 13.1. The van der Waals surface area contributed by atoms with Crippen LogP contribution in [0.5, 0.6) is 0 Å². The minimum absolute atomic E-state index is 0.0132. The summed E-state index contributed by atoms with van der Waals surface area (Å²) >= 11 is 0. The molecule has 2 aromatic heterocycles. The molecule has 1 aliphatic heterocycles. The summed E-state index contributed by atoms with van der Waals surface area (Å²) < 4.78 is 0. The number of aromatic amines is 2. The number of aryl methyl sites for hydroxylation is 1. The van der Waals surface area contributed by atoms with Crippen molar-refractivity contribution in [2.24, 2.45) is 0 Å². The highest BCUT2D eigenvalue weighted by molar-refractivity contribution is 5.99. The van der Waals surface area contributed by atoms with Crippen molar-refractivity contribution in [3.8, 4) is 0 Å². The van der Waals surface area contributed by atoms with E-state index in [-0.39, 0.29) is 31.4 Å². The van der Waals surface area contributed by atoms with Crippen LogP contribution >= 0.6 is 0 Å². The Kier molecular flexibility index (Phi) is 5.08. The molecular weight excluding hydrogens is 374 g/mol. The number of rotatable bonds is 5. The van der Waals surface area contributed by atoms with Crippen LogP contribution in [0.25, 0.3) is 10.9 Å². The fourth-order valence-corrected chi connectivity index (χ4v) is 3.62. The van der Waals surface area contributed by atoms with Gasteiger partial charge >= 0.3 is 0 Å². The van der Waals surface area contributed by atoms with Crippen LogP contribution in [-0.2, 0) is 17.8 Å². The van der Waals surface area contributed by atoms with E-state index in [4.69, 9.17) is 9.94 Å². The number of H-pyrrole nitrogens is 2. The Hall–Kier alpha value is -3.17. The zero-order valence-corrected chi connectivity index (χ0v) is 16.4. The SMILES string of the molecule is Cc1cccc2[nH]c(C(=O)N3CCc4[nH]nc(C(=O)N(C)OCCO)c4C3)cc12. The minimum atomic E-state index is -0.425. The Morgan fingerprint density at radius 2 is 2.21 bits per heavy atom. The molecule has 0 saturated heterocycles. The first kappa shape index (κ1) is 19.2. The van der Waals surface area contributed by atoms with Gasteiger partial charge in [0, 0.05) is 42.2 Å². The Balaban J connectivity index is 1.56. The lowest BCUT2D eigenvalue weighted by atomic mass is 10.0. The van der Waals surface area contributed by atoms with E-state index in [1.807, 2.05) is 31.2 Å². The number of hydroxylamine groups is 2. The van der Waals surface area contributed by atoms with Crippen molar-refractivity contribution in [1.82, 2.24) is 25.1 Å². The summed E-state index contributed by atoms with van der Waals surface area (Å²) in [5, 5.41) is 18.0. The van der Waals surface area contributed by atoms with Gasteiger partial charge in [0.05, 0.1) is 19.8 Å². The first-order chi connectivity index (χ1) is 14.0. The fourth-order valence-electron chi connectivity index (χ4n) is 3.62. The number of fused-ring (bicyclic) bond motifs is 2. The van der Waals surface area contributed by atoms with Crippen molar-refractivity contribution >= 4 is 22.7 Å². The van der Waals surface area contributed by atoms with Gasteiger partial charge < -0.3 is 15.0 Å². The highest BCUT2D eigenvalue weighted by Crippen LogP contribution is 2.25. The first-order valence-corrected chi connectivity index (χ1v) is 9.45. The van der Waals surface area contributed by atoms with E-state index in [2.05, 4.69) is 15.2 Å². The zero-order chi connectivity index (χ0) is 20.5. The van der Waals surface area contributed by atoms with Crippen LogP contribution in [0.1, 0.15) is 37.8 Å². The fraction of sp³-hybridized carbons (Fsp3) is 0.350. The van der Waals surface area contributed by atoms with Gasteiger partial charge in [-0.15, -0.1) is 0 Å². The second-order valence-corrected chi connectivity index (χ2v) is 7.08. The quantitative estimate of drug-likeness (QED) is 0.563. The molecule has 1 aromatic carbocycles. The number of hydrogen-bond donors (Lipinski definition) is 3. The lowest BCUT2D eigenvalue weighted by Gasteiger charge is -2.27. The third-order valence-corrected chi connectivity index (χ3v) is 5.20. The third-order valence-electron chi connectivity index (χ3n) is 5.20. The molecule has 0 aliphatic carbocycles. The summed E-state index contributed by atoms with van der Waals surface area (Å²) in [4.78, 5) is 35.8. The maximum Gasteiger partial charge on any atom is 0.297 e. The van der Waals surface area contributed by atoms with Gasteiger partial charge in [-0.25, -0.2) is 5.06 Å².